The molecule has 4 heteroatoms. The van der Waals surface area contributed by atoms with Gasteiger partial charge >= 0.3 is 0 Å². The zero-order chi connectivity index (χ0) is 6.41. The van der Waals surface area contributed by atoms with Crippen LogP contribution in [-0.4, -0.2) is 18.7 Å². The average molecular weight is 115 g/mol. The number of nitrogens with two attached hydrogens (primary N) is 1. The Hall–Kier alpha value is -0.900. The molecule has 0 saturated carbocycles. The van der Waals surface area contributed by atoms with Crippen LogP contribution in [-0.2, 0) is 4.79 Å². The predicted molar refractivity (Wildman–Crippen MR) is 31.4 cm³/mol. The van der Waals surface area contributed by atoms with Gasteiger partial charge in [0.1, 0.15) is 0 Å². The average Bonchev–Trinajstić information content (AvgIpc) is 1.66. The maximum atomic E-state index is 10.1. The van der Waals surface area contributed by atoms with Gasteiger partial charge in [0, 0.05) is 19.7 Å². The monoisotopic (exact) mass is 115 g/mol. The molecule has 0 atom stereocenters. The van der Waals surface area contributed by atoms with E-state index < -0.39 is 0 Å². The number of carbonyl (C=O) groups is 1. The molecule has 4 nitrogen and oxygen atoms in total. The van der Waals surface area contributed by atoms with Crippen molar-refractivity contribution in [3.8, 4) is 0 Å². The zero-order valence-electron chi connectivity index (χ0n) is 4.72. The predicted octanol–water partition coefficient (Wildman–Crippen LogP) is -0.933. The molecular weight excluding hydrogens is 106 g/mol. The molecule has 8 heavy (non-hydrogen) atoms. The van der Waals surface area contributed by atoms with Crippen LogP contribution in [0.5, 0.6) is 0 Å². The third-order valence-electron chi connectivity index (χ3n) is 0.419. The van der Waals surface area contributed by atoms with Gasteiger partial charge in [-0.15, -0.1) is 0 Å². The van der Waals surface area contributed by atoms with Crippen LogP contribution in [0.4, 0.5) is 0 Å². The summed E-state index contributed by atoms with van der Waals surface area (Å²) < 4.78 is 0. The summed E-state index contributed by atoms with van der Waals surface area (Å²) in [5.74, 6) is -0.185. The molecule has 1 amide bonds. The molecule has 3 N–H and O–H groups in total. The lowest BCUT2D eigenvalue weighted by molar-refractivity contribution is -0.118. The zero-order valence-corrected chi connectivity index (χ0v) is 4.72. The van der Waals surface area contributed by atoms with E-state index >= 15 is 0 Å². The Labute approximate surface area is 47.8 Å². The van der Waals surface area contributed by atoms with E-state index in [9.17, 15) is 4.79 Å². The third-order valence-corrected chi connectivity index (χ3v) is 0.419. The van der Waals surface area contributed by atoms with Gasteiger partial charge in [-0.3, -0.25) is 4.79 Å². The molecular formula is C4H9N3O. The van der Waals surface area contributed by atoms with E-state index in [1.807, 2.05) is 0 Å². The highest BCUT2D eigenvalue weighted by atomic mass is 16.2. The highest BCUT2D eigenvalue weighted by Crippen LogP contribution is 1.56. The van der Waals surface area contributed by atoms with Crippen molar-refractivity contribution in [1.29, 1.82) is 0 Å². The lowest BCUT2D eigenvalue weighted by atomic mass is 10.7. The topological polar surface area (TPSA) is 67.5 Å². The maximum absolute atomic E-state index is 10.1. The summed E-state index contributed by atoms with van der Waals surface area (Å²) in [6.45, 7) is 1.73. The van der Waals surface area contributed by atoms with Gasteiger partial charge in [0.15, 0.2) is 0 Å². The Balaban J connectivity index is 3.16. The highest BCUT2D eigenvalue weighted by Gasteiger charge is 1.79. The number of carbonyl (C=O) groups excluding carboxylic acids is 1. The van der Waals surface area contributed by atoms with Crippen molar-refractivity contribution in [3.63, 3.8) is 0 Å². The second-order valence-corrected chi connectivity index (χ2v) is 1.22. The van der Waals surface area contributed by atoms with E-state index in [0.717, 1.165) is 0 Å². The largest absolute Gasteiger partial charge is 0.326 e. The van der Waals surface area contributed by atoms with Crippen LogP contribution >= 0.6 is 0 Å². The smallest absolute Gasteiger partial charge is 0.236 e. The highest BCUT2D eigenvalue weighted by molar-refractivity contribution is 5.74. The number of nitrogens with zero attached hydrogens (tertiary/aromatic N) is 1. The van der Waals surface area contributed by atoms with E-state index in [2.05, 4.69) is 10.5 Å². The lowest BCUT2D eigenvalue weighted by Crippen LogP contribution is -2.13. The summed E-state index contributed by atoms with van der Waals surface area (Å²) in [6.07, 6.45) is 1.42. The van der Waals surface area contributed by atoms with Crippen LogP contribution in [0.1, 0.15) is 6.92 Å². The molecule has 0 heterocycles. The quantitative estimate of drug-likeness (QED) is 0.360. The first-order valence-electron chi connectivity index (χ1n) is 2.25. The number of rotatable bonds is 2. The number of nitrogens with one attached hydrogen (secondary N) is 1. The molecule has 0 spiro atoms. The molecule has 0 aromatic rings. The lowest BCUT2D eigenvalue weighted by Gasteiger charge is -1.86. The molecule has 0 aliphatic rings. The number of hydrogen-bond acceptors (Lipinski definition) is 3. The van der Waals surface area contributed by atoms with Crippen molar-refractivity contribution >= 4 is 12.1 Å². The second kappa shape index (κ2) is 4.26. The summed E-state index contributed by atoms with van der Waals surface area (Å²) in [4.78, 5) is 10.1. The van der Waals surface area contributed by atoms with Crippen LogP contribution < -0.4 is 11.2 Å². The fraction of sp³-hybridized carbons (Fsp3) is 0.500. The van der Waals surface area contributed by atoms with Gasteiger partial charge in [-0.05, 0) is 0 Å². The van der Waals surface area contributed by atoms with Gasteiger partial charge in [-0.2, -0.15) is 5.10 Å². The minimum atomic E-state index is -0.185. The molecule has 0 aliphatic heterocycles. The number of hydrazone groups is 1. The van der Waals surface area contributed by atoms with Crippen molar-refractivity contribution in [2.75, 3.05) is 6.54 Å². The summed E-state index contributed by atoms with van der Waals surface area (Å²) >= 11 is 0. The van der Waals surface area contributed by atoms with Gasteiger partial charge in [-0.1, -0.05) is 0 Å². The molecule has 0 fully saturated rings. The summed E-state index contributed by atoms with van der Waals surface area (Å²) in [5, 5.41) is 3.44. The van der Waals surface area contributed by atoms with Gasteiger partial charge in [0.05, 0.1) is 0 Å². The minimum Gasteiger partial charge on any atom is -0.326 e. The molecule has 46 valence electrons. The maximum Gasteiger partial charge on any atom is 0.236 e. The minimum absolute atomic E-state index is 0.185. The van der Waals surface area contributed by atoms with Gasteiger partial charge in [-0.25, -0.2) is 5.43 Å². The molecule has 0 saturated heterocycles. The van der Waals surface area contributed by atoms with Crippen LogP contribution in [0, 0.1) is 0 Å². The molecule has 0 bridgehead atoms. The Morgan fingerprint density at radius 2 is 2.62 bits per heavy atom. The van der Waals surface area contributed by atoms with Crippen molar-refractivity contribution < 1.29 is 4.79 Å². The first kappa shape index (κ1) is 7.10. The van der Waals surface area contributed by atoms with Crippen molar-refractivity contribution in [3.05, 3.63) is 0 Å². The Morgan fingerprint density at radius 3 is 3.00 bits per heavy atom. The van der Waals surface area contributed by atoms with Crippen molar-refractivity contribution in [1.82, 2.24) is 5.43 Å². The van der Waals surface area contributed by atoms with E-state index in [1.54, 1.807) is 0 Å². The number of hydrogen-bond donors (Lipinski definition) is 2. The van der Waals surface area contributed by atoms with Crippen LogP contribution in [0.25, 0.3) is 0 Å². The van der Waals surface area contributed by atoms with Crippen LogP contribution in [0.3, 0.4) is 0 Å². The SMILES string of the molecule is CC(=O)N/N=C/CN. The first-order chi connectivity index (χ1) is 3.77. The third kappa shape index (κ3) is 5.10. The summed E-state index contributed by atoms with van der Waals surface area (Å²) in [7, 11) is 0. The van der Waals surface area contributed by atoms with E-state index in [4.69, 9.17) is 5.73 Å². The molecule has 0 aromatic heterocycles. The van der Waals surface area contributed by atoms with Crippen LogP contribution in [0.2, 0.25) is 0 Å². The molecule has 0 aromatic carbocycles. The van der Waals surface area contributed by atoms with Gasteiger partial charge in [0.2, 0.25) is 5.91 Å². The molecule has 0 unspecified atom stereocenters. The Kier molecular flexibility index (Phi) is 3.78. The summed E-state index contributed by atoms with van der Waals surface area (Å²) in [5.41, 5.74) is 7.21. The first-order valence-corrected chi connectivity index (χ1v) is 2.25. The van der Waals surface area contributed by atoms with E-state index in [0.29, 0.717) is 6.54 Å². The van der Waals surface area contributed by atoms with Crippen LogP contribution in [0.15, 0.2) is 5.10 Å². The Bertz CT molecular complexity index is 99.5. The second-order valence-electron chi connectivity index (χ2n) is 1.22. The molecule has 0 rings (SSSR count). The van der Waals surface area contributed by atoms with Crippen molar-refractivity contribution in [2.45, 2.75) is 6.92 Å². The normalized spacial score (nSPS) is 9.75. The fourth-order valence-corrected chi connectivity index (χ4v) is 0.189. The van der Waals surface area contributed by atoms with E-state index in [1.165, 1.54) is 13.1 Å². The van der Waals surface area contributed by atoms with Gasteiger partial charge in [0.25, 0.3) is 0 Å². The molecule has 0 radical (unpaired) electrons. The molecule has 0 aliphatic carbocycles. The standard InChI is InChI=1S/C4H9N3O/c1-4(8)7-6-3-2-5/h3H,2,5H2,1H3,(H,7,8)/b6-3+. The summed E-state index contributed by atoms with van der Waals surface area (Å²) in [6, 6.07) is 0. The Morgan fingerprint density at radius 1 is 2.00 bits per heavy atom. The number of amides is 1. The van der Waals surface area contributed by atoms with Gasteiger partial charge < -0.3 is 5.73 Å². The van der Waals surface area contributed by atoms with E-state index in [-0.39, 0.29) is 5.91 Å². The fourth-order valence-electron chi connectivity index (χ4n) is 0.189. The van der Waals surface area contributed by atoms with Crippen molar-refractivity contribution in [2.24, 2.45) is 10.8 Å².